The van der Waals surface area contributed by atoms with Crippen molar-refractivity contribution in [3.05, 3.63) is 48.0 Å². The van der Waals surface area contributed by atoms with Gasteiger partial charge in [0.2, 0.25) is 0 Å². The van der Waals surface area contributed by atoms with E-state index in [0.717, 1.165) is 10.6 Å². The molecule has 2 aromatic carbocycles. The van der Waals surface area contributed by atoms with Gasteiger partial charge in [0, 0.05) is 5.56 Å². The molecule has 3 aromatic rings. The highest BCUT2D eigenvalue weighted by Crippen LogP contribution is 2.28. The van der Waals surface area contributed by atoms with Gasteiger partial charge in [-0.15, -0.1) is 10.2 Å². The Kier molecular flexibility index (Phi) is 1.96. The van der Waals surface area contributed by atoms with Gasteiger partial charge >= 0.3 is 0 Å². The zero-order chi connectivity index (χ0) is 10.1. The molecule has 0 bridgehead atoms. The summed E-state index contributed by atoms with van der Waals surface area (Å²) in [6, 6.07) is 14.5. The van der Waals surface area contributed by atoms with Crippen molar-refractivity contribution in [1.29, 1.82) is 0 Å². The fourth-order valence-corrected chi connectivity index (χ4v) is 2.21. The summed E-state index contributed by atoms with van der Waals surface area (Å²) in [5.74, 6) is 0. The molecule has 1 radical (unpaired) electrons. The smallest absolute Gasteiger partial charge is 0.138 e. The fraction of sp³-hybridized carbons (Fsp3) is 0. The van der Waals surface area contributed by atoms with Crippen molar-refractivity contribution in [3.8, 4) is 10.6 Å². The fourth-order valence-electron chi connectivity index (χ4n) is 1.67. The SMILES string of the molecule is [c]1nnc(-c2cccc3ccccc23)s1. The minimum absolute atomic E-state index is 0.923. The first-order valence-corrected chi connectivity index (χ1v) is 5.44. The van der Waals surface area contributed by atoms with Crippen LogP contribution in [0.2, 0.25) is 0 Å². The largest absolute Gasteiger partial charge is 0.178 e. The lowest BCUT2D eigenvalue weighted by Crippen LogP contribution is -1.80. The molecule has 3 heteroatoms. The second-order valence-corrected chi connectivity index (χ2v) is 4.00. The summed E-state index contributed by atoms with van der Waals surface area (Å²) in [6.07, 6.45) is 0. The molecular weight excluding hydrogens is 204 g/mol. The van der Waals surface area contributed by atoms with Gasteiger partial charge in [0.15, 0.2) is 5.51 Å². The van der Waals surface area contributed by atoms with Crippen LogP contribution in [0.15, 0.2) is 42.5 Å². The average molecular weight is 211 g/mol. The molecule has 0 saturated carbocycles. The van der Waals surface area contributed by atoms with E-state index in [-0.39, 0.29) is 0 Å². The second kappa shape index (κ2) is 3.44. The van der Waals surface area contributed by atoms with Crippen molar-refractivity contribution in [2.24, 2.45) is 0 Å². The van der Waals surface area contributed by atoms with Crippen molar-refractivity contribution < 1.29 is 0 Å². The first-order valence-electron chi connectivity index (χ1n) is 4.63. The maximum absolute atomic E-state index is 4.05. The van der Waals surface area contributed by atoms with Crippen LogP contribution < -0.4 is 0 Å². The molecule has 1 aromatic heterocycles. The minimum atomic E-state index is 0.923. The van der Waals surface area contributed by atoms with Gasteiger partial charge in [-0.25, -0.2) is 0 Å². The van der Waals surface area contributed by atoms with Gasteiger partial charge in [-0.1, -0.05) is 53.8 Å². The first kappa shape index (κ1) is 8.56. The van der Waals surface area contributed by atoms with Crippen molar-refractivity contribution in [1.82, 2.24) is 10.2 Å². The molecule has 71 valence electrons. The van der Waals surface area contributed by atoms with Crippen LogP contribution in [-0.2, 0) is 0 Å². The molecule has 0 amide bonds. The van der Waals surface area contributed by atoms with E-state index in [4.69, 9.17) is 0 Å². The van der Waals surface area contributed by atoms with Gasteiger partial charge in [0.05, 0.1) is 0 Å². The quantitative estimate of drug-likeness (QED) is 0.618. The summed E-state index contributed by atoms with van der Waals surface area (Å²) in [4.78, 5) is 0. The third-order valence-electron chi connectivity index (χ3n) is 2.34. The zero-order valence-electron chi connectivity index (χ0n) is 7.84. The van der Waals surface area contributed by atoms with Crippen LogP contribution in [0.3, 0.4) is 0 Å². The standard InChI is InChI=1S/C12H7N2S/c1-2-6-10-9(4-1)5-3-7-11(10)12-14-13-8-15-12/h1-7H. The van der Waals surface area contributed by atoms with E-state index >= 15 is 0 Å². The van der Waals surface area contributed by atoms with Crippen LogP contribution >= 0.6 is 11.3 Å². The Morgan fingerprint density at radius 2 is 1.87 bits per heavy atom. The van der Waals surface area contributed by atoms with Crippen LogP contribution in [0, 0.1) is 5.51 Å². The van der Waals surface area contributed by atoms with E-state index in [0.29, 0.717) is 0 Å². The number of fused-ring (bicyclic) bond motifs is 1. The highest BCUT2D eigenvalue weighted by Gasteiger charge is 2.05. The Morgan fingerprint density at radius 3 is 2.73 bits per heavy atom. The molecule has 2 nitrogen and oxygen atoms in total. The number of hydrogen-bond acceptors (Lipinski definition) is 3. The molecular formula is C12H7N2S. The maximum Gasteiger partial charge on any atom is 0.178 e. The van der Waals surface area contributed by atoms with Gasteiger partial charge in [-0.3, -0.25) is 0 Å². The molecule has 0 aliphatic carbocycles. The average Bonchev–Trinajstić information content (AvgIpc) is 2.82. The van der Waals surface area contributed by atoms with Crippen molar-refractivity contribution in [3.63, 3.8) is 0 Å². The Hall–Kier alpha value is -1.74. The summed E-state index contributed by atoms with van der Waals surface area (Å²) in [6.45, 7) is 0. The summed E-state index contributed by atoms with van der Waals surface area (Å²) in [5.41, 5.74) is 3.90. The Labute approximate surface area is 91.2 Å². The number of rotatable bonds is 1. The van der Waals surface area contributed by atoms with E-state index in [1.165, 1.54) is 22.1 Å². The third-order valence-corrected chi connectivity index (χ3v) is 3.01. The van der Waals surface area contributed by atoms with Crippen molar-refractivity contribution >= 4 is 22.1 Å². The highest BCUT2D eigenvalue weighted by molar-refractivity contribution is 7.12. The molecule has 15 heavy (non-hydrogen) atoms. The van der Waals surface area contributed by atoms with Gasteiger partial charge in [-0.05, 0) is 10.8 Å². The lowest BCUT2D eigenvalue weighted by Gasteiger charge is -2.01. The first-order chi connectivity index (χ1) is 7.45. The number of aromatic nitrogens is 2. The van der Waals surface area contributed by atoms with Crippen molar-refractivity contribution in [2.45, 2.75) is 0 Å². The molecule has 0 N–H and O–H groups in total. The summed E-state index contributed by atoms with van der Waals surface area (Å²) in [5, 5.41) is 11.2. The molecule has 0 spiro atoms. The second-order valence-electron chi connectivity index (χ2n) is 3.23. The zero-order valence-corrected chi connectivity index (χ0v) is 8.66. The number of benzene rings is 2. The Balaban J connectivity index is 2.36. The molecule has 0 fully saturated rings. The van der Waals surface area contributed by atoms with E-state index < -0.39 is 0 Å². The van der Waals surface area contributed by atoms with Crippen LogP contribution in [0.5, 0.6) is 0 Å². The topological polar surface area (TPSA) is 25.8 Å². The molecule has 1 heterocycles. The van der Waals surface area contributed by atoms with Gasteiger partial charge < -0.3 is 0 Å². The third kappa shape index (κ3) is 1.41. The van der Waals surface area contributed by atoms with Gasteiger partial charge in [0.1, 0.15) is 5.01 Å². The van der Waals surface area contributed by atoms with Crippen LogP contribution in [0.1, 0.15) is 0 Å². The Bertz CT molecular complexity index is 582. The number of nitrogens with zero attached hydrogens (tertiary/aromatic N) is 2. The Morgan fingerprint density at radius 1 is 1.00 bits per heavy atom. The molecule has 0 atom stereocenters. The predicted molar refractivity (Wildman–Crippen MR) is 61.7 cm³/mol. The van der Waals surface area contributed by atoms with Crippen LogP contribution in [0.25, 0.3) is 21.3 Å². The number of hydrogen-bond donors (Lipinski definition) is 0. The molecule has 0 aliphatic rings. The molecule has 3 rings (SSSR count). The van der Waals surface area contributed by atoms with E-state index in [2.05, 4.69) is 40.0 Å². The maximum atomic E-state index is 4.05. The lowest BCUT2D eigenvalue weighted by atomic mass is 10.1. The van der Waals surface area contributed by atoms with Crippen molar-refractivity contribution in [2.75, 3.05) is 0 Å². The van der Waals surface area contributed by atoms with E-state index in [1.54, 1.807) is 0 Å². The monoisotopic (exact) mass is 211 g/mol. The van der Waals surface area contributed by atoms with Crippen LogP contribution in [0.4, 0.5) is 0 Å². The van der Waals surface area contributed by atoms with Gasteiger partial charge in [0.25, 0.3) is 0 Å². The lowest BCUT2D eigenvalue weighted by molar-refractivity contribution is 1.09. The molecule has 0 unspecified atom stereocenters. The molecule has 0 saturated heterocycles. The van der Waals surface area contributed by atoms with E-state index in [1.807, 2.05) is 18.2 Å². The predicted octanol–water partition coefficient (Wildman–Crippen LogP) is 3.16. The normalized spacial score (nSPS) is 10.7. The highest BCUT2D eigenvalue weighted by atomic mass is 32.1. The summed E-state index contributed by atoms with van der Waals surface area (Å²) in [7, 11) is 0. The minimum Gasteiger partial charge on any atom is -0.138 e. The molecule has 0 aliphatic heterocycles. The van der Waals surface area contributed by atoms with Crippen LogP contribution in [-0.4, -0.2) is 10.2 Å². The van der Waals surface area contributed by atoms with Gasteiger partial charge in [-0.2, -0.15) is 0 Å². The summed E-state index contributed by atoms with van der Waals surface area (Å²) < 4.78 is 0. The summed E-state index contributed by atoms with van der Waals surface area (Å²) >= 11 is 1.44. The van der Waals surface area contributed by atoms with E-state index in [9.17, 15) is 0 Å².